The maximum Gasteiger partial charge on any atom is 0.229 e. The quantitative estimate of drug-likeness (QED) is 0.836. The molecule has 3 heterocycles. The van der Waals surface area contributed by atoms with Gasteiger partial charge in [0.15, 0.2) is 5.82 Å². The third-order valence-corrected chi connectivity index (χ3v) is 6.18. The van der Waals surface area contributed by atoms with E-state index in [1.807, 2.05) is 4.90 Å². The van der Waals surface area contributed by atoms with Gasteiger partial charge in [0.2, 0.25) is 11.8 Å². The van der Waals surface area contributed by atoms with Crippen LogP contribution in [-0.2, 0) is 9.53 Å². The molecule has 0 unspecified atom stereocenters. The lowest BCUT2D eigenvalue weighted by Crippen LogP contribution is -2.38. The van der Waals surface area contributed by atoms with E-state index in [1.165, 1.54) is 25.7 Å². The Bertz CT molecular complexity index is 568. The molecular weight excluding hydrogens is 318 g/mol. The number of carbonyl (C=O) groups excluding carboxylic acids is 1. The highest BCUT2D eigenvalue weighted by Gasteiger charge is 2.30. The van der Waals surface area contributed by atoms with E-state index in [0.717, 1.165) is 70.1 Å². The zero-order chi connectivity index (χ0) is 17.1. The molecule has 1 amide bonds. The molecule has 1 aliphatic carbocycles. The van der Waals surface area contributed by atoms with Crippen LogP contribution in [0.15, 0.2) is 4.52 Å². The average molecular weight is 347 g/mol. The van der Waals surface area contributed by atoms with Crippen molar-refractivity contribution < 1.29 is 14.1 Å². The zero-order valence-electron chi connectivity index (χ0n) is 15.0. The smallest absolute Gasteiger partial charge is 0.229 e. The van der Waals surface area contributed by atoms with Crippen molar-refractivity contribution in [1.29, 1.82) is 0 Å². The van der Waals surface area contributed by atoms with Crippen molar-refractivity contribution in [1.82, 2.24) is 15.0 Å². The molecule has 2 saturated heterocycles. The summed E-state index contributed by atoms with van der Waals surface area (Å²) in [5.74, 6) is 3.26. The first-order valence-electron chi connectivity index (χ1n) is 9.98. The van der Waals surface area contributed by atoms with Crippen LogP contribution in [0.3, 0.4) is 0 Å². The summed E-state index contributed by atoms with van der Waals surface area (Å²) in [5.41, 5.74) is 0. The Balaban J connectivity index is 1.28. The molecule has 0 aromatic carbocycles. The second-order valence-electron chi connectivity index (χ2n) is 7.89. The lowest BCUT2D eigenvalue weighted by atomic mass is 9.95. The summed E-state index contributed by atoms with van der Waals surface area (Å²) in [7, 11) is 0. The Morgan fingerprint density at radius 2 is 1.72 bits per heavy atom. The molecule has 25 heavy (non-hydrogen) atoms. The van der Waals surface area contributed by atoms with Crippen molar-refractivity contribution in [2.45, 2.75) is 69.6 Å². The van der Waals surface area contributed by atoms with Gasteiger partial charge in [0.05, 0.1) is 0 Å². The molecule has 0 radical (unpaired) electrons. The van der Waals surface area contributed by atoms with Crippen LogP contribution in [0.25, 0.3) is 0 Å². The molecule has 0 atom stereocenters. The van der Waals surface area contributed by atoms with Gasteiger partial charge in [-0.2, -0.15) is 4.98 Å². The number of aromatic nitrogens is 2. The van der Waals surface area contributed by atoms with Gasteiger partial charge in [0.1, 0.15) is 0 Å². The van der Waals surface area contributed by atoms with Crippen molar-refractivity contribution in [3.8, 4) is 0 Å². The number of hydrogen-bond acceptors (Lipinski definition) is 5. The van der Waals surface area contributed by atoms with E-state index < -0.39 is 0 Å². The first kappa shape index (κ1) is 17.0. The standard InChI is InChI=1S/C19H29N3O3/c23-17(13-14-3-1-2-4-14)22-9-5-16(6-10-22)19-20-18(21-25-19)15-7-11-24-12-8-15/h14-16H,1-13H2. The van der Waals surface area contributed by atoms with Gasteiger partial charge in [-0.25, -0.2) is 0 Å². The van der Waals surface area contributed by atoms with Crippen LogP contribution in [0.2, 0.25) is 0 Å². The zero-order valence-corrected chi connectivity index (χ0v) is 15.0. The van der Waals surface area contributed by atoms with E-state index in [2.05, 4.69) is 10.1 Å². The molecule has 3 fully saturated rings. The van der Waals surface area contributed by atoms with Gasteiger partial charge in [-0.3, -0.25) is 4.79 Å². The van der Waals surface area contributed by atoms with Crippen molar-refractivity contribution in [2.24, 2.45) is 5.92 Å². The van der Waals surface area contributed by atoms with E-state index in [1.54, 1.807) is 0 Å². The minimum atomic E-state index is 0.302. The van der Waals surface area contributed by atoms with Crippen molar-refractivity contribution in [3.63, 3.8) is 0 Å². The minimum Gasteiger partial charge on any atom is -0.381 e. The number of ether oxygens (including phenoxy) is 1. The van der Waals surface area contributed by atoms with Crippen LogP contribution in [0.5, 0.6) is 0 Å². The van der Waals surface area contributed by atoms with Gasteiger partial charge in [-0.05, 0) is 44.4 Å². The molecule has 1 aromatic heterocycles. The molecule has 2 aliphatic heterocycles. The van der Waals surface area contributed by atoms with Crippen LogP contribution in [0.1, 0.15) is 81.3 Å². The van der Waals surface area contributed by atoms with Gasteiger partial charge in [-0.15, -0.1) is 0 Å². The van der Waals surface area contributed by atoms with E-state index in [9.17, 15) is 4.79 Å². The predicted octanol–water partition coefficient (Wildman–Crippen LogP) is 3.25. The van der Waals surface area contributed by atoms with E-state index in [-0.39, 0.29) is 0 Å². The van der Waals surface area contributed by atoms with Gasteiger partial charge in [0, 0.05) is 44.6 Å². The van der Waals surface area contributed by atoms with Crippen molar-refractivity contribution >= 4 is 5.91 Å². The Labute approximate surface area is 149 Å². The highest BCUT2D eigenvalue weighted by atomic mass is 16.5. The van der Waals surface area contributed by atoms with Crippen LogP contribution in [0, 0.1) is 5.92 Å². The Morgan fingerprint density at radius 3 is 2.44 bits per heavy atom. The monoisotopic (exact) mass is 347 g/mol. The minimum absolute atomic E-state index is 0.302. The Morgan fingerprint density at radius 1 is 1.00 bits per heavy atom. The maximum atomic E-state index is 12.5. The van der Waals surface area contributed by atoms with Crippen LogP contribution >= 0.6 is 0 Å². The number of rotatable bonds is 4. The van der Waals surface area contributed by atoms with Gasteiger partial charge < -0.3 is 14.2 Å². The third kappa shape index (κ3) is 4.05. The lowest BCUT2D eigenvalue weighted by Gasteiger charge is -2.31. The molecule has 1 saturated carbocycles. The first-order chi connectivity index (χ1) is 12.3. The SMILES string of the molecule is O=C(CC1CCCC1)N1CCC(c2nc(C3CCOCC3)no2)CC1. The third-order valence-electron chi connectivity index (χ3n) is 6.18. The van der Waals surface area contributed by atoms with Gasteiger partial charge in [0.25, 0.3) is 0 Å². The van der Waals surface area contributed by atoms with E-state index in [0.29, 0.717) is 23.7 Å². The summed E-state index contributed by atoms with van der Waals surface area (Å²) in [6.07, 6.45) is 9.65. The highest BCUT2D eigenvalue weighted by molar-refractivity contribution is 5.76. The maximum absolute atomic E-state index is 12.5. The summed E-state index contributed by atoms with van der Waals surface area (Å²) >= 11 is 0. The van der Waals surface area contributed by atoms with Crippen molar-refractivity contribution in [2.75, 3.05) is 26.3 Å². The lowest BCUT2D eigenvalue weighted by molar-refractivity contribution is -0.133. The summed E-state index contributed by atoms with van der Waals surface area (Å²) in [6, 6.07) is 0. The average Bonchev–Trinajstić information content (AvgIpc) is 3.34. The molecule has 0 spiro atoms. The highest BCUT2D eigenvalue weighted by Crippen LogP contribution is 2.32. The van der Waals surface area contributed by atoms with Crippen LogP contribution < -0.4 is 0 Å². The summed E-state index contributed by atoms with van der Waals surface area (Å²) < 4.78 is 11.0. The second kappa shape index (κ2) is 7.85. The number of amides is 1. The number of nitrogens with zero attached hydrogens (tertiary/aromatic N) is 3. The van der Waals surface area contributed by atoms with Crippen LogP contribution in [0.4, 0.5) is 0 Å². The predicted molar refractivity (Wildman–Crippen MR) is 92.2 cm³/mol. The van der Waals surface area contributed by atoms with Gasteiger partial charge >= 0.3 is 0 Å². The fraction of sp³-hybridized carbons (Fsp3) is 0.842. The molecule has 0 N–H and O–H groups in total. The Hall–Kier alpha value is -1.43. The number of likely N-dealkylation sites (tertiary alicyclic amines) is 1. The molecule has 1 aromatic rings. The molecule has 3 aliphatic rings. The number of carbonyl (C=O) groups is 1. The normalized spacial score (nSPS) is 24.1. The number of piperidine rings is 1. The molecular formula is C19H29N3O3. The fourth-order valence-electron chi connectivity index (χ4n) is 4.50. The molecule has 138 valence electrons. The summed E-state index contributed by atoms with van der Waals surface area (Å²) in [4.78, 5) is 19.2. The largest absolute Gasteiger partial charge is 0.381 e. The summed E-state index contributed by atoms with van der Waals surface area (Å²) in [6.45, 7) is 3.22. The van der Waals surface area contributed by atoms with Crippen molar-refractivity contribution in [3.05, 3.63) is 11.7 Å². The fourth-order valence-corrected chi connectivity index (χ4v) is 4.50. The molecule has 4 rings (SSSR count). The number of hydrogen-bond donors (Lipinski definition) is 0. The second-order valence-corrected chi connectivity index (χ2v) is 7.89. The van der Waals surface area contributed by atoms with E-state index >= 15 is 0 Å². The first-order valence-corrected chi connectivity index (χ1v) is 9.98. The summed E-state index contributed by atoms with van der Waals surface area (Å²) in [5, 5.41) is 4.22. The molecule has 6 nitrogen and oxygen atoms in total. The van der Waals surface area contributed by atoms with Gasteiger partial charge in [-0.1, -0.05) is 18.0 Å². The molecule has 6 heteroatoms. The topological polar surface area (TPSA) is 68.5 Å². The molecule has 0 bridgehead atoms. The van der Waals surface area contributed by atoms with E-state index in [4.69, 9.17) is 9.26 Å². The Kier molecular flexibility index (Phi) is 5.34. The van der Waals surface area contributed by atoms with Crippen LogP contribution in [-0.4, -0.2) is 47.3 Å².